The number of thiazole rings is 1. The summed E-state index contributed by atoms with van der Waals surface area (Å²) in [6.07, 6.45) is 3.99. The monoisotopic (exact) mass is 497 g/mol. The van der Waals surface area contributed by atoms with E-state index in [2.05, 4.69) is 4.98 Å². The molecule has 2 aliphatic heterocycles. The molecular weight excluding hydrogens is 474 g/mol. The molecule has 1 N–H and O–H groups in total. The summed E-state index contributed by atoms with van der Waals surface area (Å²) in [5, 5.41) is 11.8. The molecule has 0 spiro atoms. The van der Waals surface area contributed by atoms with Gasteiger partial charge in [-0.2, -0.15) is 0 Å². The highest BCUT2D eigenvalue weighted by molar-refractivity contribution is 7.22. The molecule has 7 nitrogen and oxygen atoms in total. The molecule has 1 fully saturated rings. The Bertz CT molecular complexity index is 1590. The summed E-state index contributed by atoms with van der Waals surface area (Å²) in [6.45, 7) is 5.97. The standard InChI is InChI=1S/C28H23N3O4S/c1-14-9-15(2)23-21(10-14)36-28(30-23)31-24(18-5-4-8-29-13-18)22(26(33)27(31)34)25(32)17-6-7-20-19(12-17)11-16(3)35-20/h4-10,12-13,16,24,32H,11H2,1-3H3/b25-22+/t16-,24+/m0/s1. The summed E-state index contributed by atoms with van der Waals surface area (Å²) in [5.41, 5.74) is 4.94. The van der Waals surface area contributed by atoms with Gasteiger partial charge in [0, 0.05) is 24.4 Å². The molecular formula is C28H23N3O4S. The molecule has 0 unspecified atom stereocenters. The van der Waals surface area contributed by atoms with Crippen molar-refractivity contribution in [2.45, 2.75) is 39.3 Å². The number of Topliss-reactive ketones (excluding diaryl/α,β-unsaturated/α-hetero) is 1. The lowest BCUT2D eigenvalue weighted by atomic mass is 9.95. The second-order valence-corrected chi connectivity index (χ2v) is 10.3. The molecule has 4 heterocycles. The summed E-state index contributed by atoms with van der Waals surface area (Å²) >= 11 is 1.35. The van der Waals surface area contributed by atoms with Gasteiger partial charge < -0.3 is 9.84 Å². The Hall–Kier alpha value is -4.04. The lowest BCUT2D eigenvalue weighted by Crippen LogP contribution is -2.29. The Morgan fingerprint density at radius 2 is 2.00 bits per heavy atom. The number of nitrogens with zero attached hydrogens (tertiary/aromatic N) is 3. The summed E-state index contributed by atoms with van der Waals surface area (Å²) < 4.78 is 6.71. The number of anilines is 1. The zero-order valence-corrected chi connectivity index (χ0v) is 20.8. The molecule has 0 aliphatic carbocycles. The Balaban J connectivity index is 1.54. The predicted octanol–water partition coefficient (Wildman–Crippen LogP) is 5.26. The van der Waals surface area contributed by atoms with E-state index in [1.54, 1.807) is 36.7 Å². The minimum absolute atomic E-state index is 0.0204. The lowest BCUT2D eigenvalue weighted by molar-refractivity contribution is -0.132. The van der Waals surface area contributed by atoms with Crippen LogP contribution in [0.1, 0.15) is 40.8 Å². The molecule has 180 valence electrons. The molecule has 0 bridgehead atoms. The molecule has 4 aromatic rings. The number of aliphatic hydroxyl groups excluding tert-OH is 1. The third-order valence-electron chi connectivity index (χ3n) is 6.64. The van der Waals surface area contributed by atoms with Crippen molar-refractivity contribution in [1.29, 1.82) is 0 Å². The number of aromatic nitrogens is 2. The van der Waals surface area contributed by atoms with Crippen molar-refractivity contribution < 1.29 is 19.4 Å². The van der Waals surface area contributed by atoms with Crippen LogP contribution in [-0.4, -0.2) is 32.9 Å². The van der Waals surface area contributed by atoms with Crippen molar-refractivity contribution in [3.8, 4) is 5.75 Å². The first kappa shape index (κ1) is 22.4. The van der Waals surface area contributed by atoms with E-state index < -0.39 is 17.7 Å². The van der Waals surface area contributed by atoms with Gasteiger partial charge in [0.15, 0.2) is 5.13 Å². The molecule has 1 amide bonds. The number of hydrogen-bond acceptors (Lipinski definition) is 7. The number of ether oxygens (including phenoxy) is 1. The molecule has 1 saturated heterocycles. The fourth-order valence-electron chi connectivity index (χ4n) is 5.07. The van der Waals surface area contributed by atoms with Crippen LogP contribution in [-0.2, 0) is 16.0 Å². The molecule has 0 radical (unpaired) electrons. The molecule has 2 atom stereocenters. The number of hydrogen-bond donors (Lipinski definition) is 1. The van der Waals surface area contributed by atoms with Crippen LogP contribution in [0.15, 0.2) is 60.4 Å². The molecule has 2 aromatic heterocycles. The largest absolute Gasteiger partial charge is 0.507 e. The van der Waals surface area contributed by atoms with Crippen molar-refractivity contribution in [2.24, 2.45) is 0 Å². The quantitative estimate of drug-likeness (QED) is 0.236. The summed E-state index contributed by atoms with van der Waals surface area (Å²) in [5.74, 6) is -0.931. The fourth-order valence-corrected chi connectivity index (χ4v) is 6.24. The Morgan fingerprint density at radius 3 is 2.78 bits per heavy atom. The SMILES string of the molecule is Cc1cc(C)c2nc(N3C(=O)C(=O)/C(=C(/O)c4ccc5c(c4)C[C@H](C)O5)[C@H]3c3cccnc3)sc2c1. The Labute approximate surface area is 211 Å². The third-order valence-corrected chi connectivity index (χ3v) is 7.64. The van der Waals surface area contributed by atoms with Crippen LogP contribution in [0.4, 0.5) is 5.13 Å². The second-order valence-electron chi connectivity index (χ2n) is 9.34. The number of amides is 1. The summed E-state index contributed by atoms with van der Waals surface area (Å²) in [7, 11) is 0. The van der Waals surface area contributed by atoms with Crippen molar-refractivity contribution >= 4 is 44.1 Å². The van der Waals surface area contributed by atoms with Gasteiger partial charge in [-0.15, -0.1) is 0 Å². The van der Waals surface area contributed by atoms with Crippen LogP contribution in [0.3, 0.4) is 0 Å². The number of fused-ring (bicyclic) bond motifs is 2. The first-order valence-electron chi connectivity index (χ1n) is 11.7. The molecule has 2 aliphatic rings. The second kappa shape index (κ2) is 8.27. The molecule has 6 rings (SSSR count). The van der Waals surface area contributed by atoms with E-state index in [9.17, 15) is 14.7 Å². The van der Waals surface area contributed by atoms with Crippen molar-refractivity contribution in [2.75, 3.05) is 4.90 Å². The summed E-state index contributed by atoms with van der Waals surface area (Å²) in [6, 6.07) is 12.1. The maximum atomic E-state index is 13.5. The minimum Gasteiger partial charge on any atom is -0.507 e. The van der Waals surface area contributed by atoms with Gasteiger partial charge in [-0.25, -0.2) is 4.98 Å². The van der Waals surface area contributed by atoms with E-state index in [4.69, 9.17) is 9.72 Å². The van der Waals surface area contributed by atoms with Crippen LogP contribution in [0, 0.1) is 13.8 Å². The van der Waals surface area contributed by atoms with Gasteiger partial charge in [0.1, 0.15) is 17.6 Å². The lowest BCUT2D eigenvalue weighted by Gasteiger charge is -2.22. The highest BCUT2D eigenvalue weighted by atomic mass is 32.1. The average Bonchev–Trinajstić information content (AvgIpc) is 3.52. The van der Waals surface area contributed by atoms with Gasteiger partial charge in [-0.3, -0.25) is 19.5 Å². The van der Waals surface area contributed by atoms with Crippen LogP contribution in [0.5, 0.6) is 5.75 Å². The highest BCUT2D eigenvalue weighted by Gasteiger charge is 2.48. The number of aryl methyl sites for hydroxylation is 2. The van der Waals surface area contributed by atoms with Crippen LogP contribution >= 0.6 is 11.3 Å². The van der Waals surface area contributed by atoms with Gasteiger partial charge >= 0.3 is 5.91 Å². The van der Waals surface area contributed by atoms with Gasteiger partial charge in [0.25, 0.3) is 5.78 Å². The maximum absolute atomic E-state index is 13.5. The maximum Gasteiger partial charge on any atom is 0.301 e. The number of rotatable bonds is 3. The first-order chi connectivity index (χ1) is 17.3. The number of ketones is 1. The smallest absolute Gasteiger partial charge is 0.301 e. The normalized spacial score (nSPS) is 20.7. The van der Waals surface area contributed by atoms with E-state index in [0.717, 1.165) is 32.7 Å². The Morgan fingerprint density at radius 1 is 1.17 bits per heavy atom. The Kier molecular flexibility index (Phi) is 5.15. The van der Waals surface area contributed by atoms with Gasteiger partial charge in [-0.1, -0.05) is 23.5 Å². The zero-order valence-electron chi connectivity index (χ0n) is 20.0. The van der Waals surface area contributed by atoms with Crippen molar-refractivity contribution in [3.63, 3.8) is 0 Å². The van der Waals surface area contributed by atoms with Gasteiger partial charge in [0.2, 0.25) is 0 Å². The van der Waals surface area contributed by atoms with E-state index in [-0.39, 0.29) is 17.4 Å². The number of carbonyl (C=O) groups is 2. The van der Waals surface area contributed by atoms with Crippen molar-refractivity contribution in [3.05, 3.63) is 88.2 Å². The molecule has 0 saturated carbocycles. The van der Waals surface area contributed by atoms with Crippen LogP contribution < -0.4 is 9.64 Å². The molecule has 2 aromatic carbocycles. The van der Waals surface area contributed by atoms with Gasteiger partial charge in [0.05, 0.1) is 21.8 Å². The number of benzene rings is 2. The zero-order chi connectivity index (χ0) is 25.1. The average molecular weight is 498 g/mol. The minimum atomic E-state index is -0.857. The number of pyridine rings is 1. The highest BCUT2D eigenvalue weighted by Crippen LogP contribution is 2.45. The molecule has 36 heavy (non-hydrogen) atoms. The van der Waals surface area contributed by atoms with E-state index >= 15 is 0 Å². The topological polar surface area (TPSA) is 92.6 Å². The van der Waals surface area contributed by atoms with Crippen LogP contribution in [0.25, 0.3) is 16.0 Å². The summed E-state index contributed by atoms with van der Waals surface area (Å²) in [4.78, 5) is 37.2. The third kappa shape index (κ3) is 3.48. The van der Waals surface area contributed by atoms with E-state index in [0.29, 0.717) is 22.7 Å². The van der Waals surface area contributed by atoms with E-state index in [1.807, 2.05) is 39.0 Å². The number of aliphatic hydroxyl groups is 1. The first-order valence-corrected chi connectivity index (χ1v) is 12.5. The van der Waals surface area contributed by atoms with Crippen molar-refractivity contribution in [1.82, 2.24) is 9.97 Å². The predicted molar refractivity (Wildman–Crippen MR) is 138 cm³/mol. The van der Waals surface area contributed by atoms with E-state index in [1.165, 1.54) is 16.2 Å². The molecule has 8 heteroatoms. The van der Waals surface area contributed by atoms with Gasteiger partial charge in [-0.05, 0) is 73.4 Å². The number of carbonyl (C=O) groups excluding carboxylic acids is 2. The van der Waals surface area contributed by atoms with Crippen LogP contribution in [0.2, 0.25) is 0 Å². The fraction of sp³-hybridized carbons (Fsp3) is 0.214.